The number of rotatable bonds is 6. The highest BCUT2D eigenvalue weighted by Gasteiger charge is 2.28. The first-order valence-corrected chi connectivity index (χ1v) is 11.8. The summed E-state index contributed by atoms with van der Waals surface area (Å²) in [7, 11) is -6.20. The SMILES string of the molecule is C=CCc1c(OC)ccc2c1c(S(=O)(=O)c1ccc(C)cc1)cn2S(C)(=O)=O. The molecule has 0 bridgehead atoms. The number of benzene rings is 2. The first-order chi connectivity index (χ1) is 13.1. The summed E-state index contributed by atoms with van der Waals surface area (Å²) in [6, 6.07) is 9.62. The van der Waals surface area contributed by atoms with Gasteiger partial charge in [0, 0.05) is 17.1 Å². The van der Waals surface area contributed by atoms with Gasteiger partial charge in [0.2, 0.25) is 19.9 Å². The molecule has 148 valence electrons. The normalized spacial score (nSPS) is 12.2. The van der Waals surface area contributed by atoms with Crippen molar-refractivity contribution in [3.05, 3.63) is 66.4 Å². The van der Waals surface area contributed by atoms with Crippen molar-refractivity contribution in [1.29, 1.82) is 0 Å². The number of aryl methyl sites for hydroxylation is 1. The third-order valence-corrected chi connectivity index (χ3v) is 7.31. The van der Waals surface area contributed by atoms with Crippen molar-refractivity contribution >= 4 is 30.8 Å². The Labute approximate surface area is 165 Å². The lowest BCUT2D eigenvalue weighted by Gasteiger charge is -2.11. The maximum absolute atomic E-state index is 13.4. The van der Waals surface area contributed by atoms with Crippen LogP contribution in [0.4, 0.5) is 0 Å². The van der Waals surface area contributed by atoms with Crippen molar-refractivity contribution in [2.75, 3.05) is 13.4 Å². The molecule has 6 nitrogen and oxygen atoms in total. The van der Waals surface area contributed by atoms with Crippen LogP contribution in [0, 0.1) is 6.92 Å². The van der Waals surface area contributed by atoms with Gasteiger partial charge in [-0.3, -0.25) is 0 Å². The van der Waals surface area contributed by atoms with Gasteiger partial charge in [-0.15, -0.1) is 6.58 Å². The third kappa shape index (κ3) is 3.33. The molecule has 0 aliphatic carbocycles. The molecule has 0 radical (unpaired) electrons. The van der Waals surface area contributed by atoms with Crippen LogP contribution in [0.2, 0.25) is 0 Å². The molecule has 3 rings (SSSR count). The topological polar surface area (TPSA) is 82.4 Å². The molecule has 0 spiro atoms. The number of aromatic nitrogens is 1. The smallest absolute Gasteiger partial charge is 0.236 e. The van der Waals surface area contributed by atoms with Crippen LogP contribution in [0.5, 0.6) is 5.75 Å². The number of nitrogens with zero attached hydrogens (tertiary/aromatic N) is 1. The molecule has 3 aromatic rings. The molecule has 0 unspecified atom stereocenters. The molecule has 0 saturated heterocycles. The lowest BCUT2D eigenvalue weighted by molar-refractivity contribution is 0.411. The highest BCUT2D eigenvalue weighted by molar-refractivity contribution is 7.92. The van der Waals surface area contributed by atoms with Crippen molar-refractivity contribution in [2.24, 2.45) is 0 Å². The monoisotopic (exact) mass is 419 g/mol. The number of ether oxygens (including phenoxy) is 1. The summed E-state index contributed by atoms with van der Waals surface area (Å²) >= 11 is 0. The molecule has 0 aliphatic rings. The first kappa shape index (κ1) is 20.2. The van der Waals surface area contributed by atoms with Gasteiger partial charge in [0.25, 0.3) is 0 Å². The third-order valence-electron chi connectivity index (χ3n) is 4.51. The number of fused-ring (bicyclic) bond motifs is 1. The van der Waals surface area contributed by atoms with Crippen molar-refractivity contribution < 1.29 is 21.6 Å². The Morgan fingerprint density at radius 2 is 1.71 bits per heavy atom. The second-order valence-electron chi connectivity index (χ2n) is 6.50. The Kier molecular flexibility index (Phi) is 5.12. The zero-order valence-electron chi connectivity index (χ0n) is 15.8. The molecule has 2 aromatic carbocycles. The highest BCUT2D eigenvalue weighted by Crippen LogP contribution is 2.37. The van der Waals surface area contributed by atoms with Crippen LogP contribution in [0.3, 0.4) is 0 Å². The number of sulfone groups is 1. The average molecular weight is 420 g/mol. The van der Waals surface area contributed by atoms with E-state index in [-0.39, 0.29) is 15.3 Å². The summed E-state index contributed by atoms with van der Waals surface area (Å²) in [4.78, 5) is 0.0190. The number of allylic oxidation sites excluding steroid dienone is 1. The molecule has 0 saturated carbocycles. The lowest BCUT2D eigenvalue weighted by atomic mass is 10.1. The standard InChI is InChI=1S/C20H21NO5S2/c1-5-6-16-18(26-3)12-11-17-20(16)19(13-21(17)27(4,22)23)28(24,25)15-9-7-14(2)8-10-15/h5,7-13H,1,6H2,2-4H3. The van der Waals surface area contributed by atoms with E-state index in [1.165, 1.54) is 25.4 Å². The number of hydrogen-bond acceptors (Lipinski definition) is 5. The van der Waals surface area contributed by atoms with E-state index in [4.69, 9.17) is 4.74 Å². The first-order valence-electron chi connectivity index (χ1n) is 8.45. The minimum absolute atomic E-state index is 0.0764. The van der Waals surface area contributed by atoms with Gasteiger partial charge in [-0.2, -0.15) is 0 Å². The Balaban J connectivity index is 2.48. The van der Waals surface area contributed by atoms with Crippen LogP contribution >= 0.6 is 0 Å². The molecule has 0 amide bonds. The van der Waals surface area contributed by atoms with Gasteiger partial charge in [0.1, 0.15) is 5.75 Å². The van der Waals surface area contributed by atoms with E-state index < -0.39 is 19.9 Å². The van der Waals surface area contributed by atoms with Gasteiger partial charge in [-0.05, 0) is 37.6 Å². The van der Waals surface area contributed by atoms with Crippen LogP contribution in [0.15, 0.2) is 65.0 Å². The van der Waals surface area contributed by atoms with Crippen molar-refractivity contribution in [2.45, 2.75) is 23.1 Å². The zero-order valence-corrected chi connectivity index (χ0v) is 17.5. The molecule has 0 aliphatic heterocycles. The summed E-state index contributed by atoms with van der Waals surface area (Å²) in [6.45, 7) is 5.58. The summed E-state index contributed by atoms with van der Waals surface area (Å²) in [5.41, 5.74) is 1.78. The molecule has 8 heteroatoms. The van der Waals surface area contributed by atoms with Crippen molar-refractivity contribution in [3.8, 4) is 5.75 Å². The fourth-order valence-electron chi connectivity index (χ4n) is 3.18. The largest absolute Gasteiger partial charge is 0.496 e. The van der Waals surface area contributed by atoms with E-state index in [9.17, 15) is 16.8 Å². The van der Waals surface area contributed by atoms with E-state index in [1.807, 2.05) is 6.92 Å². The van der Waals surface area contributed by atoms with Crippen LogP contribution in [-0.2, 0) is 26.3 Å². The van der Waals surface area contributed by atoms with Crippen LogP contribution in [-0.4, -0.2) is 34.2 Å². The molecule has 28 heavy (non-hydrogen) atoms. The minimum Gasteiger partial charge on any atom is -0.496 e. The van der Waals surface area contributed by atoms with Gasteiger partial charge >= 0.3 is 0 Å². The van der Waals surface area contributed by atoms with Crippen molar-refractivity contribution in [3.63, 3.8) is 0 Å². The summed E-state index contributed by atoms with van der Waals surface area (Å²) < 4.78 is 57.8. The predicted molar refractivity (Wildman–Crippen MR) is 109 cm³/mol. The Morgan fingerprint density at radius 3 is 2.25 bits per heavy atom. The Morgan fingerprint density at radius 1 is 1.07 bits per heavy atom. The molecular weight excluding hydrogens is 398 g/mol. The Bertz CT molecular complexity index is 1270. The van der Waals surface area contributed by atoms with Gasteiger partial charge < -0.3 is 4.74 Å². The molecule has 1 aromatic heterocycles. The summed E-state index contributed by atoms with van der Waals surface area (Å²) in [5, 5.41) is 0.324. The second-order valence-corrected chi connectivity index (χ2v) is 10.3. The van der Waals surface area contributed by atoms with Gasteiger partial charge in [0.15, 0.2) is 0 Å². The maximum atomic E-state index is 13.4. The number of methoxy groups -OCH3 is 1. The maximum Gasteiger partial charge on any atom is 0.236 e. The van der Waals surface area contributed by atoms with Crippen molar-refractivity contribution in [1.82, 2.24) is 3.97 Å². The number of hydrogen-bond donors (Lipinski definition) is 0. The molecular formula is C20H21NO5S2. The van der Waals surface area contributed by atoms with E-state index in [2.05, 4.69) is 6.58 Å². The molecule has 0 atom stereocenters. The second kappa shape index (κ2) is 7.10. The Hall–Kier alpha value is -2.58. The van der Waals surface area contributed by atoms with Gasteiger partial charge in [-0.1, -0.05) is 23.8 Å². The van der Waals surface area contributed by atoms with Crippen LogP contribution in [0.1, 0.15) is 11.1 Å². The fraction of sp³-hybridized carbons (Fsp3) is 0.200. The summed E-state index contributed by atoms with van der Waals surface area (Å²) in [6.07, 6.45) is 4.15. The van der Waals surface area contributed by atoms with Crippen LogP contribution in [0.25, 0.3) is 10.9 Å². The lowest BCUT2D eigenvalue weighted by Crippen LogP contribution is -2.08. The van der Waals surface area contributed by atoms with E-state index in [1.54, 1.807) is 30.3 Å². The summed E-state index contributed by atoms with van der Waals surface area (Å²) in [5.74, 6) is 0.471. The molecule has 1 heterocycles. The molecule has 0 fully saturated rings. The van der Waals surface area contributed by atoms with Gasteiger partial charge in [0.05, 0.1) is 28.7 Å². The van der Waals surface area contributed by atoms with E-state index >= 15 is 0 Å². The average Bonchev–Trinajstić information content (AvgIpc) is 3.04. The van der Waals surface area contributed by atoms with Gasteiger partial charge in [-0.25, -0.2) is 20.8 Å². The quantitative estimate of drug-likeness (QED) is 0.573. The van der Waals surface area contributed by atoms with Crippen LogP contribution < -0.4 is 4.74 Å². The predicted octanol–water partition coefficient (Wildman–Crippen LogP) is 3.33. The zero-order chi connectivity index (χ0) is 20.7. The van der Waals surface area contributed by atoms with E-state index in [0.29, 0.717) is 23.1 Å². The fourth-order valence-corrected chi connectivity index (χ4v) is 5.54. The molecule has 0 N–H and O–H groups in total. The minimum atomic E-state index is -3.96. The van der Waals surface area contributed by atoms with E-state index in [0.717, 1.165) is 15.8 Å². The highest BCUT2D eigenvalue weighted by atomic mass is 32.2.